The minimum Gasteiger partial charge on any atom is -0.449 e. The van der Waals surface area contributed by atoms with Crippen molar-refractivity contribution in [3.8, 4) is 23.0 Å². The SMILES string of the molecule is Clc1cc2c(cc1Cl)Oc1c(cc(Cl)c(Br)c1Br)O2. The first-order chi connectivity index (χ1) is 8.97. The van der Waals surface area contributed by atoms with Crippen LogP contribution in [0.4, 0.5) is 0 Å². The molecule has 2 nitrogen and oxygen atoms in total. The third-order valence-electron chi connectivity index (χ3n) is 2.50. The number of ether oxygens (including phenoxy) is 2. The normalized spacial score (nSPS) is 12.3. The van der Waals surface area contributed by atoms with Crippen LogP contribution in [-0.4, -0.2) is 0 Å². The van der Waals surface area contributed by atoms with E-state index in [9.17, 15) is 0 Å². The van der Waals surface area contributed by atoms with E-state index in [1.54, 1.807) is 18.2 Å². The van der Waals surface area contributed by atoms with Crippen molar-refractivity contribution >= 4 is 66.7 Å². The summed E-state index contributed by atoms with van der Waals surface area (Å²) in [5.74, 6) is 2.03. The van der Waals surface area contributed by atoms with Crippen LogP contribution in [0.3, 0.4) is 0 Å². The van der Waals surface area contributed by atoms with E-state index in [2.05, 4.69) is 31.9 Å². The predicted molar refractivity (Wildman–Crippen MR) is 83.5 cm³/mol. The Hall–Kier alpha value is -0.130. The number of fused-ring (bicyclic) bond motifs is 2. The van der Waals surface area contributed by atoms with Gasteiger partial charge in [0.25, 0.3) is 0 Å². The first kappa shape index (κ1) is 13.8. The molecule has 0 saturated heterocycles. The largest absolute Gasteiger partial charge is 0.449 e. The highest BCUT2D eigenvalue weighted by Crippen LogP contribution is 2.53. The lowest BCUT2D eigenvalue weighted by atomic mass is 10.2. The molecule has 0 spiro atoms. The van der Waals surface area contributed by atoms with E-state index < -0.39 is 0 Å². The average Bonchev–Trinajstić information content (AvgIpc) is 2.37. The fourth-order valence-electron chi connectivity index (χ4n) is 1.63. The molecular formula is C12H3Br2Cl3O2. The Morgan fingerprint density at radius 1 is 0.684 bits per heavy atom. The molecule has 0 fully saturated rings. The summed E-state index contributed by atoms with van der Waals surface area (Å²) >= 11 is 24.8. The van der Waals surface area contributed by atoms with E-state index in [-0.39, 0.29) is 0 Å². The first-order valence-electron chi connectivity index (χ1n) is 4.99. The van der Waals surface area contributed by atoms with Crippen molar-refractivity contribution in [2.24, 2.45) is 0 Å². The Labute approximate surface area is 140 Å². The Bertz CT molecular complexity index is 704. The highest BCUT2D eigenvalue weighted by atomic mass is 79.9. The van der Waals surface area contributed by atoms with Crippen LogP contribution in [0.5, 0.6) is 23.0 Å². The summed E-state index contributed by atoms with van der Waals surface area (Å²) in [5, 5.41) is 1.31. The highest BCUT2D eigenvalue weighted by Gasteiger charge is 2.25. The monoisotopic (exact) mass is 442 g/mol. The summed E-state index contributed by atoms with van der Waals surface area (Å²) in [6.45, 7) is 0. The van der Waals surface area contributed by atoms with Gasteiger partial charge in [-0.3, -0.25) is 0 Å². The van der Waals surface area contributed by atoms with Gasteiger partial charge in [0, 0.05) is 18.2 Å². The van der Waals surface area contributed by atoms with Crippen LogP contribution >= 0.6 is 66.7 Å². The van der Waals surface area contributed by atoms with Crippen LogP contribution < -0.4 is 9.47 Å². The molecule has 0 amide bonds. The molecule has 2 aromatic carbocycles. The smallest absolute Gasteiger partial charge is 0.185 e. The lowest BCUT2D eigenvalue weighted by molar-refractivity contribution is 0.357. The van der Waals surface area contributed by atoms with Crippen molar-refractivity contribution in [1.29, 1.82) is 0 Å². The minimum absolute atomic E-state index is 0.398. The molecule has 0 atom stereocenters. The van der Waals surface area contributed by atoms with Gasteiger partial charge in [0.05, 0.1) is 24.0 Å². The van der Waals surface area contributed by atoms with Crippen LogP contribution in [0.2, 0.25) is 15.1 Å². The number of hydrogen-bond acceptors (Lipinski definition) is 2. The van der Waals surface area contributed by atoms with Gasteiger partial charge < -0.3 is 9.47 Å². The topological polar surface area (TPSA) is 18.5 Å². The molecule has 19 heavy (non-hydrogen) atoms. The van der Waals surface area contributed by atoms with Crippen LogP contribution in [0, 0.1) is 0 Å². The molecule has 98 valence electrons. The lowest BCUT2D eigenvalue weighted by Crippen LogP contribution is -2.00. The van der Waals surface area contributed by atoms with Gasteiger partial charge in [0.15, 0.2) is 23.0 Å². The quantitative estimate of drug-likeness (QED) is 0.345. The molecule has 1 aliphatic heterocycles. The summed E-state index contributed by atoms with van der Waals surface area (Å²) in [5.41, 5.74) is 0. The average molecular weight is 445 g/mol. The zero-order valence-corrected chi connectivity index (χ0v) is 14.4. The number of halogens is 5. The molecule has 1 heterocycles. The van der Waals surface area contributed by atoms with Crippen LogP contribution in [0.25, 0.3) is 0 Å². The Balaban J connectivity index is 2.17. The first-order valence-corrected chi connectivity index (χ1v) is 7.71. The molecule has 0 N–H and O–H groups in total. The van der Waals surface area contributed by atoms with Gasteiger partial charge in [0.1, 0.15) is 0 Å². The number of hydrogen-bond donors (Lipinski definition) is 0. The summed E-state index contributed by atoms with van der Waals surface area (Å²) in [4.78, 5) is 0. The maximum absolute atomic E-state index is 6.07. The third kappa shape index (κ3) is 2.34. The van der Waals surface area contributed by atoms with Crippen molar-refractivity contribution in [1.82, 2.24) is 0 Å². The molecule has 1 aliphatic rings. The van der Waals surface area contributed by atoms with E-state index in [1.165, 1.54) is 0 Å². The van der Waals surface area contributed by atoms with E-state index in [4.69, 9.17) is 44.3 Å². The molecular weight excluding hydrogens is 442 g/mol. The highest BCUT2D eigenvalue weighted by molar-refractivity contribution is 9.13. The summed E-state index contributed by atoms with van der Waals surface area (Å²) in [7, 11) is 0. The summed E-state index contributed by atoms with van der Waals surface area (Å²) in [6, 6.07) is 4.88. The second kappa shape index (κ2) is 5.01. The molecule has 0 unspecified atom stereocenters. The van der Waals surface area contributed by atoms with Crippen molar-refractivity contribution in [3.05, 3.63) is 42.2 Å². The van der Waals surface area contributed by atoms with Gasteiger partial charge >= 0.3 is 0 Å². The number of rotatable bonds is 0. The predicted octanol–water partition coefficient (Wildman–Crippen LogP) is 7.07. The molecule has 0 radical (unpaired) electrons. The standard InChI is InChI=1S/C12H3Br2Cl3O2/c13-10-6(17)3-9-12(11(10)14)19-8-2-5(16)4(15)1-7(8)18-9/h1-3H. The van der Waals surface area contributed by atoms with Gasteiger partial charge in [-0.25, -0.2) is 0 Å². The molecule has 3 rings (SSSR count). The molecule has 2 aromatic rings. The van der Waals surface area contributed by atoms with E-state index in [0.717, 1.165) is 0 Å². The maximum atomic E-state index is 6.07. The van der Waals surface area contributed by atoms with Crippen molar-refractivity contribution in [2.75, 3.05) is 0 Å². The zero-order valence-electron chi connectivity index (χ0n) is 8.94. The van der Waals surface area contributed by atoms with Gasteiger partial charge in [-0.15, -0.1) is 0 Å². The Kier molecular flexibility index (Phi) is 3.65. The fourth-order valence-corrected chi connectivity index (χ4v) is 3.03. The maximum Gasteiger partial charge on any atom is 0.185 e. The molecule has 0 aliphatic carbocycles. The number of benzene rings is 2. The van der Waals surface area contributed by atoms with Gasteiger partial charge in [-0.05, 0) is 31.9 Å². The summed E-state index contributed by atoms with van der Waals surface area (Å²) < 4.78 is 12.9. The van der Waals surface area contributed by atoms with Gasteiger partial charge in [0.2, 0.25) is 0 Å². The second-order valence-electron chi connectivity index (χ2n) is 3.73. The molecule has 7 heteroatoms. The molecule has 0 saturated carbocycles. The van der Waals surface area contributed by atoms with Gasteiger partial charge in [-0.1, -0.05) is 34.8 Å². The lowest BCUT2D eigenvalue weighted by Gasteiger charge is -2.22. The minimum atomic E-state index is 0.398. The summed E-state index contributed by atoms with van der Waals surface area (Å²) in [6.07, 6.45) is 0. The molecule has 0 aromatic heterocycles. The van der Waals surface area contributed by atoms with E-state index in [1.807, 2.05) is 0 Å². The van der Waals surface area contributed by atoms with Crippen molar-refractivity contribution < 1.29 is 9.47 Å². The molecule has 0 bridgehead atoms. The second-order valence-corrected chi connectivity index (χ2v) is 6.54. The van der Waals surface area contributed by atoms with Crippen LogP contribution in [0.1, 0.15) is 0 Å². The van der Waals surface area contributed by atoms with E-state index in [0.29, 0.717) is 47.0 Å². The Morgan fingerprint density at radius 2 is 1.21 bits per heavy atom. The zero-order chi connectivity index (χ0) is 13.7. The third-order valence-corrected chi connectivity index (χ3v) is 5.86. The van der Waals surface area contributed by atoms with E-state index >= 15 is 0 Å². The van der Waals surface area contributed by atoms with Crippen LogP contribution in [0.15, 0.2) is 27.1 Å². The Morgan fingerprint density at radius 3 is 1.84 bits per heavy atom. The van der Waals surface area contributed by atoms with Crippen molar-refractivity contribution in [2.45, 2.75) is 0 Å². The van der Waals surface area contributed by atoms with Crippen molar-refractivity contribution in [3.63, 3.8) is 0 Å². The van der Waals surface area contributed by atoms with Crippen LogP contribution in [-0.2, 0) is 0 Å². The van der Waals surface area contributed by atoms with Gasteiger partial charge in [-0.2, -0.15) is 0 Å². The fraction of sp³-hybridized carbons (Fsp3) is 0.